The molecule has 0 unspecified atom stereocenters. The Morgan fingerprint density at radius 3 is 2.61 bits per heavy atom. The van der Waals surface area contributed by atoms with Crippen LogP contribution >= 0.6 is 11.3 Å². The lowest BCUT2D eigenvalue weighted by Gasteiger charge is -2.28. The highest BCUT2D eigenvalue weighted by Crippen LogP contribution is 2.39. The van der Waals surface area contributed by atoms with Crippen LogP contribution < -0.4 is 10.2 Å². The number of rotatable bonds is 6. The average Bonchev–Trinajstić information content (AvgIpc) is 3.30. The Kier molecular flexibility index (Phi) is 7.08. The minimum atomic E-state index is -0.284. The smallest absolute Gasteiger partial charge is 0.264 e. The van der Waals surface area contributed by atoms with Crippen LogP contribution in [-0.4, -0.2) is 56.6 Å². The fourth-order valence-electron chi connectivity index (χ4n) is 3.68. The first-order chi connectivity index (χ1) is 16.0. The lowest BCUT2D eigenvalue weighted by atomic mass is 10.1. The highest BCUT2D eigenvalue weighted by molar-refractivity contribution is 7.18. The van der Waals surface area contributed by atoms with E-state index in [9.17, 15) is 9.59 Å². The predicted molar refractivity (Wildman–Crippen MR) is 133 cm³/mol. The lowest BCUT2D eigenvalue weighted by Crippen LogP contribution is -2.36. The zero-order chi connectivity index (χ0) is 23.2. The van der Waals surface area contributed by atoms with Gasteiger partial charge in [0.15, 0.2) is 0 Å². The van der Waals surface area contributed by atoms with Crippen LogP contribution in [0.1, 0.15) is 15.2 Å². The third kappa shape index (κ3) is 5.43. The summed E-state index contributed by atoms with van der Waals surface area (Å²) in [7, 11) is 1.64. The molecule has 0 aliphatic carbocycles. The first-order valence-corrected chi connectivity index (χ1v) is 11.5. The van der Waals surface area contributed by atoms with Crippen LogP contribution in [0.4, 0.5) is 10.7 Å². The lowest BCUT2D eigenvalue weighted by molar-refractivity contribution is -0.116. The number of hydrogen-bond acceptors (Lipinski definition) is 5. The van der Waals surface area contributed by atoms with Crippen molar-refractivity contribution in [3.05, 3.63) is 71.1 Å². The second kappa shape index (κ2) is 10.3. The summed E-state index contributed by atoms with van der Waals surface area (Å²) >= 11 is 1.46. The Morgan fingerprint density at radius 2 is 1.88 bits per heavy atom. The van der Waals surface area contributed by atoms with Crippen LogP contribution in [-0.2, 0) is 9.53 Å². The van der Waals surface area contributed by atoms with Crippen molar-refractivity contribution in [3.8, 4) is 23.5 Å². The third-order valence-corrected chi connectivity index (χ3v) is 6.53. The molecule has 33 heavy (non-hydrogen) atoms. The Labute approximate surface area is 197 Å². The number of likely N-dealkylation sites (N-methyl/N-ethyl adjacent to an activating group) is 1. The van der Waals surface area contributed by atoms with Crippen molar-refractivity contribution in [2.75, 3.05) is 50.1 Å². The van der Waals surface area contributed by atoms with Gasteiger partial charge in [-0.3, -0.25) is 9.59 Å². The molecule has 6 nitrogen and oxygen atoms in total. The minimum Gasteiger partial charge on any atom is -0.378 e. The number of nitrogens with one attached hydrogen (secondary N) is 1. The molecule has 0 bridgehead atoms. The summed E-state index contributed by atoms with van der Waals surface area (Å²) in [6, 6.07) is 19.0. The van der Waals surface area contributed by atoms with Gasteiger partial charge < -0.3 is 19.9 Å². The van der Waals surface area contributed by atoms with Crippen LogP contribution in [0.5, 0.6) is 0 Å². The van der Waals surface area contributed by atoms with Gasteiger partial charge in [-0.05, 0) is 29.8 Å². The van der Waals surface area contributed by atoms with Crippen molar-refractivity contribution >= 4 is 33.8 Å². The van der Waals surface area contributed by atoms with Gasteiger partial charge in [0, 0.05) is 37.0 Å². The Hall–Kier alpha value is -3.60. The summed E-state index contributed by atoms with van der Waals surface area (Å²) < 4.78 is 5.50. The van der Waals surface area contributed by atoms with Gasteiger partial charge in [-0.25, -0.2) is 0 Å². The van der Waals surface area contributed by atoms with Crippen LogP contribution in [0.2, 0.25) is 0 Å². The summed E-state index contributed by atoms with van der Waals surface area (Å²) in [5.41, 5.74) is 3.37. The molecule has 168 valence electrons. The Balaban J connectivity index is 1.51. The average molecular weight is 460 g/mol. The molecule has 2 aromatic carbocycles. The largest absolute Gasteiger partial charge is 0.378 e. The molecule has 1 fully saturated rings. The van der Waals surface area contributed by atoms with Crippen molar-refractivity contribution in [2.24, 2.45) is 0 Å². The van der Waals surface area contributed by atoms with Crippen molar-refractivity contribution in [3.63, 3.8) is 0 Å². The molecule has 1 aliphatic heterocycles. The number of ether oxygens (including phenoxy) is 1. The Bertz CT molecular complexity index is 1180. The number of morpholine rings is 1. The molecule has 0 saturated carbocycles. The molecule has 7 heteroatoms. The molecular weight excluding hydrogens is 434 g/mol. The van der Waals surface area contributed by atoms with E-state index in [1.54, 1.807) is 31.3 Å². The van der Waals surface area contributed by atoms with E-state index in [1.807, 2.05) is 36.4 Å². The van der Waals surface area contributed by atoms with Crippen molar-refractivity contribution < 1.29 is 14.3 Å². The van der Waals surface area contributed by atoms with Crippen LogP contribution in [0.25, 0.3) is 11.1 Å². The van der Waals surface area contributed by atoms with E-state index >= 15 is 0 Å². The highest BCUT2D eigenvalue weighted by atomic mass is 32.1. The van der Waals surface area contributed by atoms with Crippen molar-refractivity contribution in [2.45, 2.75) is 0 Å². The molecule has 0 radical (unpaired) electrons. The van der Waals surface area contributed by atoms with Gasteiger partial charge in [-0.1, -0.05) is 42.3 Å². The van der Waals surface area contributed by atoms with Gasteiger partial charge in [-0.15, -0.1) is 17.8 Å². The van der Waals surface area contributed by atoms with E-state index in [1.165, 1.54) is 16.2 Å². The Morgan fingerprint density at radius 1 is 1.12 bits per heavy atom. The second-order valence-electron chi connectivity index (χ2n) is 7.73. The van der Waals surface area contributed by atoms with Gasteiger partial charge in [0.25, 0.3) is 5.91 Å². The van der Waals surface area contributed by atoms with Gasteiger partial charge >= 0.3 is 0 Å². The molecular formula is C26H25N3O3S. The molecule has 4 rings (SSSR count). The molecule has 2 heterocycles. The summed E-state index contributed by atoms with van der Waals surface area (Å²) in [6.07, 6.45) is 5.42. The van der Waals surface area contributed by atoms with Gasteiger partial charge in [0.05, 0.1) is 29.6 Å². The number of thiophene rings is 1. The molecule has 1 aliphatic rings. The van der Waals surface area contributed by atoms with E-state index in [4.69, 9.17) is 11.2 Å². The van der Waals surface area contributed by atoms with Crippen LogP contribution in [0, 0.1) is 12.3 Å². The molecule has 0 spiro atoms. The monoisotopic (exact) mass is 459 g/mol. The molecule has 1 aromatic heterocycles. The van der Waals surface area contributed by atoms with Crippen molar-refractivity contribution in [1.82, 2.24) is 4.90 Å². The second-order valence-corrected chi connectivity index (χ2v) is 8.76. The summed E-state index contributed by atoms with van der Waals surface area (Å²) in [4.78, 5) is 30.0. The van der Waals surface area contributed by atoms with Gasteiger partial charge in [-0.2, -0.15) is 0 Å². The van der Waals surface area contributed by atoms with Crippen LogP contribution in [0.3, 0.4) is 0 Å². The number of nitrogens with zero attached hydrogens (tertiary/aromatic N) is 2. The maximum absolute atomic E-state index is 13.2. The molecule has 2 amide bonds. The first-order valence-electron chi connectivity index (χ1n) is 10.7. The number of hydrogen-bond donors (Lipinski definition) is 1. The standard InChI is InChI=1S/C26H25N3O3S/c1-3-19-8-7-11-21(16-19)27-24(30)18-28(2)25(31)23-17-22(20-9-5-4-6-10-20)26(33-23)29-12-14-32-15-13-29/h1,4-11,16-17H,12-15,18H2,2H3,(H,27,30). The number of carbonyl (C=O) groups excluding carboxylic acids is 2. The maximum Gasteiger partial charge on any atom is 0.264 e. The zero-order valence-corrected chi connectivity index (χ0v) is 19.2. The summed E-state index contributed by atoms with van der Waals surface area (Å²) in [5.74, 6) is 2.07. The fourth-order valence-corrected chi connectivity index (χ4v) is 4.90. The first kappa shape index (κ1) is 22.6. The number of anilines is 2. The number of benzene rings is 2. The molecule has 1 saturated heterocycles. The van der Waals surface area contributed by atoms with E-state index < -0.39 is 0 Å². The minimum absolute atomic E-state index is 0.0649. The summed E-state index contributed by atoms with van der Waals surface area (Å²) in [6.45, 7) is 2.82. The fraction of sp³-hybridized carbons (Fsp3) is 0.231. The van der Waals surface area contributed by atoms with E-state index in [0.29, 0.717) is 29.3 Å². The van der Waals surface area contributed by atoms with Gasteiger partial charge in [0.1, 0.15) is 0 Å². The number of amides is 2. The maximum atomic E-state index is 13.2. The molecule has 3 aromatic rings. The highest BCUT2D eigenvalue weighted by Gasteiger charge is 2.24. The van der Waals surface area contributed by atoms with Crippen molar-refractivity contribution in [1.29, 1.82) is 0 Å². The molecule has 1 N–H and O–H groups in total. The normalized spacial score (nSPS) is 13.3. The zero-order valence-electron chi connectivity index (χ0n) is 18.4. The van der Waals surface area contributed by atoms with Gasteiger partial charge in [0.2, 0.25) is 5.91 Å². The van der Waals surface area contributed by atoms with E-state index in [0.717, 1.165) is 29.2 Å². The van der Waals surface area contributed by atoms with Crippen LogP contribution in [0.15, 0.2) is 60.7 Å². The topological polar surface area (TPSA) is 61.9 Å². The number of carbonyl (C=O) groups is 2. The molecule has 0 atom stereocenters. The predicted octanol–water partition coefficient (Wildman–Crippen LogP) is 3.94. The summed E-state index contributed by atoms with van der Waals surface area (Å²) in [5, 5.41) is 3.85. The third-order valence-electron chi connectivity index (χ3n) is 5.35. The van der Waals surface area contributed by atoms with E-state index in [-0.39, 0.29) is 18.4 Å². The van der Waals surface area contributed by atoms with E-state index in [2.05, 4.69) is 16.1 Å². The SMILES string of the molecule is C#Cc1cccc(NC(=O)CN(C)C(=O)c2cc(-c3ccccc3)c(N3CCOCC3)s2)c1. The number of terminal acetylenes is 1. The quantitative estimate of drug-likeness (QED) is 0.567.